The van der Waals surface area contributed by atoms with Crippen LogP contribution in [0.3, 0.4) is 0 Å². The Morgan fingerprint density at radius 3 is 2.33 bits per heavy atom. The maximum atomic E-state index is 11.0. The summed E-state index contributed by atoms with van der Waals surface area (Å²) in [7, 11) is 0. The number of rotatable bonds is 8. The molecule has 2 heteroatoms. The van der Waals surface area contributed by atoms with E-state index in [4.69, 9.17) is 4.74 Å². The van der Waals surface area contributed by atoms with Crippen molar-refractivity contribution in [2.45, 2.75) is 52.9 Å². The van der Waals surface area contributed by atoms with Gasteiger partial charge in [0.2, 0.25) is 0 Å². The van der Waals surface area contributed by atoms with Crippen LogP contribution in [0.25, 0.3) is 0 Å². The molecule has 0 aliphatic carbocycles. The van der Waals surface area contributed by atoms with E-state index in [1.165, 1.54) is 19.3 Å². The quantitative estimate of drug-likeness (QED) is 0.348. The van der Waals surface area contributed by atoms with Crippen molar-refractivity contribution in [3.05, 3.63) is 12.2 Å². The first-order valence-electron chi connectivity index (χ1n) is 5.86. The van der Waals surface area contributed by atoms with Gasteiger partial charge in [0.1, 0.15) is 0 Å². The van der Waals surface area contributed by atoms with Crippen molar-refractivity contribution < 1.29 is 9.53 Å². The lowest BCUT2D eigenvalue weighted by Gasteiger charge is -2.05. The minimum absolute atomic E-state index is 0.266. The normalized spacial score (nSPS) is 10.4. The Bertz CT molecular complexity index is 195. The summed E-state index contributed by atoms with van der Waals surface area (Å²) >= 11 is 0. The first kappa shape index (κ1) is 14.2. The summed E-state index contributed by atoms with van der Waals surface area (Å²) in [4.78, 5) is 11.0. The average Bonchev–Trinajstić information content (AvgIpc) is 2.15. The van der Waals surface area contributed by atoms with Crippen LogP contribution in [0.15, 0.2) is 12.2 Å². The van der Waals surface area contributed by atoms with Gasteiger partial charge in [0.25, 0.3) is 0 Å². The first-order chi connectivity index (χ1) is 7.04. The molecule has 0 unspecified atom stereocenters. The van der Waals surface area contributed by atoms with Crippen LogP contribution in [0.4, 0.5) is 0 Å². The van der Waals surface area contributed by atoms with Crippen molar-refractivity contribution in [3.8, 4) is 0 Å². The van der Waals surface area contributed by atoms with Gasteiger partial charge in [0.15, 0.2) is 0 Å². The van der Waals surface area contributed by atoms with Crippen LogP contribution >= 0.6 is 0 Å². The molecule has 0 aromatic rings. The van der Waals surface area contributed by atoms with Crippen LogP contribution in [0, 0.1) is 5.92 Å². The number of esters is 1. The number of unbranched alkanes of at least 4 members (excludes halogenated alkanes) is 3. The first-order valence-corrected chi connectivity index (χ1v) is 5.86. The van der Waals surface area contributed by atoms with E-state index in [-0.39, 0.29) is 5.97 Å². The predicted molar refractivity (Wildman–Crippen MR) is 63.7 cm³/mol. The molecule has 0 amide bonds. The Labute approximate surface area is 93.7 Å². The monoisotopic (exact) mass is 212 g/mol. The highest BCUT2D eigenvalue weighted by Gasteiger charge is 2.01. The summed E-state index contributed by atoms with van der Waals surface area (Å²) < 4.78 is 4.99. The molecular formula is C13H24O2. The molecule has 0 atom stereocenters. The Morgan fingerprint density at radius 2 is 1.80 bits per heavy atom. The second kappa shape index (κ2) is 8.51. The number of carbonyl (C=O) groups excluding carboxylic acids is 1. The van der Waals surface area contributed by atoms with Crippen LogP contribution in [0.1, 0.15) is 52.9 Å². The Hall–Kier alpha value is -0.790. The predicted octanol–water partition coefficient (Wildman–Crippen LogP) is 3.71. The molecule has 0 aromatic heterocycles. The van der Waals surface area contributed by atoms with Gasteiger partial charge in [-0.15, -0.1) is 0 Å². The fourth-order valence-electron chi connectivity index (χ4n) is 1.30. The minimum atomic E-state index is -0.266. The van der Waals surface area contributed by atoms with E-state index in [2.05, 4.69) is 20.4 Å². The number of ether oxygens (including phenoxy) is 1. The van der Waals surface area contributed by atoms with E-state index >= 15 is 0 Å². The van der Waals surface area contributed by atoms with Gasteiger partial charge in [-0.3, -0.25) is 0 Å². The summed E-state index contributed by atoms with van der Waals surface area (Å²) in [5.74, 6) is 0.531. The Morgan fingerprint density at radius 1 is 1.20 bits per heavy atom. The maximum Gasteiger partial charge on any atom is 0.333 e. The van der Waals surface area contributed by atoms with Gasteiger partial charge >= 0.3 is 5.97 Å². The van der Waals surface area contributed by atoms with E-state index in [1.54, 1.807) is 6.92 Å². The fourth-order valence-corrected chi connectivity index (χ4v) is 1.30. The molecule has 0 aromatic carbocycles. The lowest BCUT2D eigenvalue weighted by Crippen LogP contribution is -2.06. The van der Waals surface area contributed by atoms with Gasteiger partial charge in [-0.2, -0.15) is 0 Å². The summed E-state index contributed by atoms with van der Waals surface area (Å²) in [6.45, 7) is 10.2. The summed E-state index contributed by atoms with van der Waals surface area (Å²) in [5, 5.41) is 0. The molecule has 15 heavy (non-hydrogen) atoms. The summed E-state index contributed by atoms with van der Waals surface area (Å²) in [5.41, 5.74) is 0.481. The minimum Gasteiger partial charge on any atom is -0.462 e. The second-order valence-corrected chi connectivity index (χ2v) is 4.51. The van der Waals surface area contributed by atoms with Crippen LogP contribution < -0.4 is 0 Å². The third kappa shape index (κ3) is 9.51. The van der Waals surface area contributed by atoms with E-state index < -0.39 is 0 Å². The molecule has 0 N–H and O–H groups in total. The summed E-state index contributed by atoms with van der Waals surface area (Å²) in [6, 6.07) is 0. The zero-order chi connectivity index (χ0) is 11.7. The molecule has 88 valence electrons. The van der Waals surface area contributed by atoms with Gasteiger partial charge in [0.05, 0.1) is 6.61 Å². The molecule has 0 aliphatic heterocycles. The van der Waals surface area contributed by atoms with E-state index in [0.29, 0.717) is 12.2 Å². The SMILES string of the molecule is C=C(C)C(=O)OCCCCCCC(C)C. The molecule has 0 bridgehead atoms. The van der Waals surface area contributed by atoms with Crippen LogP contribution in [-0.4, -0.2) is 12.6 Å². The zero-order valence-corrected chi connectivity index (χ0v) is 10.3. The molecule has 0 radical (unpaired) electrons. The van der Waals surface area contributed by atoms with Crippen molar-refractivity contribution >= 4 is 5.97 Å². The summed E-state index contributed by atoms with van der Waals surface area (Å²) in [6.07, 6.45) is 5.94. The largest absolute Gasteiger partial charge is 0.462 e. The smallest absolute Gasteiger partial charge is 0.333 e. The number of hydrogen-bond donors (Lipinski definition) is 0. The van der Waals surface area contributed by atoms with Gasteiger partial charge < -0.3 is 4.74 Å². The lowest BCUT2D eigenvalue weighted by atomic mass is 10.0. The van der Waals surface area contributed by atoms with Crippen molar-refractivity contribution in [1.29, 1.82) is 0 Å². The second-order valence-electron chi connectivity index (χ2n) is 4.51. The van der Waals surface area contributed by atoms with Crippen LogP contribution in [0.2, 0.25) is 0 Å². The van der Waals surface area contributed by atoms with Crippen molar-refractivity contribution in [1.82, 2.24) is 0 Å². The highest BCUT2D eigenvalue weighted by atomic mass is 16.5. The molecule has 0 aliphatic rings. The fraction of sp³-hybridized carbons (Fsp3) is 0.769. The van der Waals surface area contributed by atoms with Crippen molar-refractivity contribution in [3.63, 3.8) is 0 Å². The molecule has 0 heterocycles. The van der Waals surface area contributed by atoms with Gasteiger partial charge in [-0.25, -0.2) is 4.79 Å². The lowest BCUT2D eigenvalue weighted by molar-refractivity contribution is -0.139. The number of carbonyl (C=O) groups is 1. The van der Waals surface area contributed by atoms with E-state index in [1.807, 2.05) is 0 Å². The molecule has 2 nitrogen and oxygen atoms in total. The van der Waals surface area contributed by atoms with Gasteiger partial charge in [0, 0.05) is 5.57 Å². The Balaban J connectivity index is 3.18. The highest BCUT2D eigenvalue weighted by Crippen LogP contribution is 2.09. The maximum absolute atomic E-state index is 11.0. The standard InChI is InChI=1S/C13H24O2/c1-11(2)9-7-5-6-8-10-15-13(14)12(3)4/h11H,3,5-10H2,1-2,4H3. The third-order valence-corrected chi connectivity index (χ3v) is 2.26. The average molecular weight is 212 g/mol. The molecule has 0 saturated carbocycles. The topological polar surface area (TPSA) is 26.3 Å². The molecule has 0 saturated heterocycles. The third-order valence-electron chi connectivity index (χ3n) is 2.26. The molecule has 0 rings (SSSR count). The van der Waals surface area contributed by atoms with E-state index in [9.17, 15) is 4.79 Å². The zero-order valence-electron chi connectivity index (χ0n) is 10.3. The van der Waals surface area contributed by atoms with Crippen molar-refractivity contribution in [2.24, 2.45) is 5.92 Å². The molecule has 0 fully saturated rings. The molecular weight excluding hydrogens is 188 g/mol. The molecule has 0 spiro atoms. The van der Waals surface area contributed by atoms with Crippen LogP contribution in [-0.2, 0) is 9.53 Å². The van der Waals surface area contributed by atoms with Crippen LogP contribution in [0.5, 0.6) is 0 Å². The Kier molecular flexibility index (Phi) is 8.06. The van der Waals surface area contributed by atoms with Gasteiger partial charge in [-0.05, 0) is 19.3 Å². The van der Waals surface area contributed by atoms with Crippen molar-refractivity contribution in [2.75, 3.05) is 6.61 Å². The number of hydrogen-bond acceptors (Lipinski definition) is 2. The van der Waals surface area contributed by atoms with Gasteiger partial charge in [-0.1, -0.05) is 46.1 Å². The highest BCUT2D eigenvalue weighted by molar-refractivity contribution is 5.86. The van der Waals surface area contributed by atoms with E-state index in [0.717, 1.165) is 18.8 Å².